The van der Waals surface area contributed by atoms with E-state index in [4.69, 9.17) is 16.7 Å². The van der Waals surface area contributed by atoms with E-state index in [2.05, 4.69) is 5.32 Å². The summed E-state index contributed by atoms with van der Waals surface area (Å²) in [6.45, 7) is 9.39. The molecule has 0 aliphatic heterocycles. The van der Waals surface area contributed by atoms with E-state index in [1.54, 1.807) is 6.07 Å². The van der Waals surface area contributed by atoms with Crippen LogP contribution < -0.4 is 5.32 Å². The highest BCUT2D eigenvalue weighted by molar-refractivity contribution is 6.31. The fraction of sp³-hybridized carbons (Fsp3) is 0.417. The van der Waals surface area contributed by atoms with Gasteiger partial charge in [0.2, 0.25) is 5.91 Å². The van der Waals surface area contributed by atoms with Crippen LogP contribution in [0.4, 0.5) is 5.69 Å². The van der Waals surface area contributed by atoms with Crippen LogP contribution in [0, 0.1) is 0 Å². The lowest BCUT2D eigenvalue weighted by atomic mass is 10.3. The van der Waals surface area contributed by atoms with Crippen LogP contribution in [-0.2, 0) is 4.79 Å². The molecule has 0 saturated heterocycles. The Balaban J connectivity index is 0. The zero-order valence-corrected chi connectivity index (χ0v) is 11.2. The molecule has 2 N–H and O–H groups in total. The Bertz CT molecular complexity index is 294. The number of phenolic OH excluding ortho intramolecular Hbond substituents is 1. The van der Waals surface area contributed by atoms with Crippen LogP contribution in [-0.4, -0.2) is 11.0 Å². The summed E-state index contributed by atoms with van der Waals surface area (Å²) in [4.78, 5) is 10.6. The number of aromatic hydroxyl groups is 1. The molecule has 1 aromatic rings. The zero-order chi connectivity index (χ0) is 13.1. The molecule has 0 aromatic heterocycles. The van der Waals surface area contributed by atoms with Crippen molar-refractivity contribution in [3.05, 3.63) is 23.2 Å². The van der Waals surface area contributed by atoms with Crippen LogP contribution in [0.25, 0.3) is 0 Å². The van der Waals surface area contributed by atoms with E-state index in [0.717, 1.165) is 0 Å². The molecule has 0 fully saturated rings. The Morgan fingerprint density at radius 1 is 1.19 bits per heavy atom. The molecule has 92 valence electrons. The third-order valence-corrected chi connectivity index (χ3v) is 1.42. The number of carbonyl (C=O) groups excluding carboxylic acids is 1. The Labute approximate surface area is 102 Å². The number of nitrogens with one attached hydrogen (secondary N) is 1. The summed E-state index contributed by atoms with van der Waals surface area (Å²) in [5.74, 6) is -0.164. The highest BCUT2D eigenvalue weighted by Gasteiger charge is 1.99. The summed E-state index contributed by atoms with van der Waals surface area (Å²) in [5.41, 5.74) is 0.493. The zero-order valence-electron chi connectivity index (χ0n) is 10.5. The molecule has 0 saturated carbocycles. The van der Waals surface area contributed by atoms with E-state index in [0.29, 0.717) is 10.7 Å². The number of hydrogen-bond donors (Lipinski definition) is 2. The first-order valence-electron chi connectivity index (χ1n) is 5.35. The van der Waals surface area contributed by atoms with Crippen LogP contribution in [0.2, 0.25) is 5.02 Å². The van der Waals surface area contributed by atoms with E-state index < -0.39 is 0 Å². The molecule has 4 heteroatoms. The summed E-state index contributed by atoms with van der Waals surface area (Å²) >= 11 is 5.62. The van der Waals surface area contributed by atoms with Crippen LogP contribution in [0.15, 0.2) is 18.2 Å². The average Bonchev–Trinajstić information content (AvgIpc) is 2.21. The first-order chi connectivity index (χ1) is 7.58. The lowest BCUT2D eigenvalue weighted by Crippen LogP contribution is -2.05. The molecule has 0 unspecified atom stereocenters. The largest absolute Gasteiger partial charge is 0.508 e. The standard InChI is InChI=1S/C8H8ClNO2.2C2H6/c1-5(11)10-7-2-6(9)3-8(12)4-7;2*1-2/h2-4,12H,1H3,(H,10,11);2*1-2H3. The molecular formula is C12H20ClNO2. The number of rotatable bonds is 1. The van der Waals surface area contributed by atoms with E-state index in [9.17, 15) is 4.79 Å². The van der Waals surface area contributed by atoms with Gasteiger partial charge in [-0.15, -0.1) is 0 Å². The first-order valence-corrected chi connectivity index (χ1v) is 5.73. The fourth-order valence-electron chi connectivity index (χ4n) is 0.850. The van der Waals surface area contributed by atoms with Gasteiger partial charge in [0.25, 0.3) is 0 Å². The number of hydrogen-bond acceptors (Lipinski definition) is 2. The number of anilines is 1. The molecular weight excluding hydrogens is 226 g/mol. The van der Waals surface area contributed by atoms with Gasteiger partial charge in [-0.3, -0.25) is 4.79 Å². The number of phenols is 1. The molecule has 0 aliphatic rings. The average molecular weight is 246 g/mol. The predicted molar refractivity (Wildman–Crippen MR) is 70.1 cm³/mol. The second kappa shape index (κ2) is 10.3. The van der Waals surface area contributed by atoms with Crippen molar-refractivity contribution in [2.24, 2.45) is 0 Å². The Hall–Kier alpha value is -1.22. The second-order valence-corrected chi connectivity index (χ2v) is 2.82. The summed E-state index contributed by atoms with van der Waals surface area (Å²) in [6.07, 6.45) is 0. The monoisotopic (exact) mass is 245 g/mol. The first kappa shape index (κ1) is 17.2. The molecule has 0 radical (unpaired) electrons. The van der Waals surface area contributed by atoms with E-state index in [1.807, 2.05) is 27.7 Å². The Morgan fingerprint density at radius 3 is 2.06 bits per heavy atom. The van der Waals surface area contributed by atoms with Crippen molar-refractivity contribution in [2.75, 3.05) is 5.32 Å². The van der Waals surface area contributed by atoms with Gasteiger partial charge in [0.15, 0.2) is 0 Å². The minimum Gasteiger partial charge on any atom is -0.508 e. The normalized spacial score (nSPS) is 7.88. The van der Waals surface area contributed by atoms with Gasteiger partial charge in [0, 0.05) is 23.7 Å². The Morgan fingerprint density at radius 2 is 1.69 bits per heavy atom. The topological polar surface area (TPSA) is 49.3 Å². The summed E-state index contributed by atoms with van der Waals surface area (Å²) in [7, 11) is 0. The molecule has 16 heavy (non-hydrogen) atoms. The highest BCUT2D eigenvalue weighted by atomic mass is 35.5. The second-order valence-electron chi connectivity index (χ2n) is 2.38. The fourth-order valence-corrected chi connectivity index (χ4v) is 1.08. The molecule has 0 bridgehead atoms. The maximum atomic E-state index is 10.6. The van der Waals surface area contributed by atoms with Gasteiger partial charge in [0.05, 0.1) is 0 Å². The maximum Gasteiger partial charge on any atom is 0.221 e. The van der Waals surface area contributed by atoms with Gasteiger partial charge in [-0.2, -0.15) is 0 Å². The minimum absolute atomic E-state index is 0.0336. The number of benzene rings is 1. The van der Waals surface area contributed by atoms with Crippen LogP contribution >= 0.6 is 11.6 Å². The number of carbonyl (C=O) groups is 1. The number of halogens is 1. The van der Waals surface area contributed by atoms with Gasteiger partial charge in [-0.25, -0.2) is 0 Å². The van der Waals surface area contributed by atoms with E-state index >= 15 is 0 Å². The Kier molecular flexibility index (Phi) is 11.1. The summed E-state index contributed by atoms with van der Waals surface area (Å²) in [5, 5.41) is 12.0. The third kappa shape index (κ3) is 8.12. The smallest absolute Gasteiger partial charge is 0.221 e. The van der Waals surface area contributed by atoms with Gasteiger partial charge in [0.1, 0.15) is 5.75 Å². The van der Waals surface area contributed by atoms with E-state index in [1.165, 1.54) is 19.1 Å². The van der Waals surface area contributed by atoms with Gasteiger partial charge in [-0.1, -0.05) is 39.3 Å². The van der Waals surface area contributed by atoms with Crippen molar-refractivity contribution in [2.45, 2.75) is 34.6 Å². The van der Waals surface area contributed by atoms with Crippen LogP contribution in [0.1, 0.15) is 34.6 Å². The van der Waals surface area contributed by atoms with Gasteiger partial charge < -0.3 is 10.4 Å². The highest BCUT2D eigenvalue weighted by Crippen LogP contribution is 2.22. The van der Waals surface area contributed by atoms with E-state index in [-0.39, 0.29) is 11.7 Å². The van der Waals surface area contributed by atoms with Crippen molar-refractivity contribution in [1.29, 1.82) is 0 Å². The predicted octanol–water partition coefficient (Wildman–Crippen LogP) is 4.06. The van der Waals surface area contributed by atoms with Gasteiger partial charge >= 0.3 is 0 Å². The SMILES string of the molecule is CC.CC.CC(=O)Nc1cc(O)cc(Cl)c1. The quantitative estimate of drug-likeness (QED) is 0.784. The molecule has 1 amide bonds. The molecule has 1 aromatic carbocycles. The van der Waals surface area contributed by atoms with Crippen molar-refractivity contribution in [1.82, 2.24) is 0 Å². The van der Waals surface area contributed by atoms with Gasteiger partial charge in [-0.05, 0) is 12.1 Å². The van der Waals surface area contributed by atoms with Crippen LogP contribution in [0.5, 0.6) is 5.75 Å². The summed E-state index contributed by atoms with van der Waals surface area (Å²) in [6, 6.07) is 4.38. The molecule has 0 atom stereocenters. The lowest BCUT2D eigenvalue weighted by molar-refractivity contribution is -0.114. The van der Waals surface area contributed by atoms with Crippen molar-refractivity contribution < 1.29 is 9.90 Å². The molecule has 0 heterocycles. The minimum atomic E-state index is -0.198. The molecule has 1 rings (SSSR count). The lowest BCUT2D eigenvalue weighted by Gasteiger charge is -2.02. The van der Waals surface area contributed by atoms with Crippen LogP contribution in [0.3, 0.4) is 0 Å². The molecule has 0 aliphatic carbocycles. The summed E-state index contributed by atoms with van der Waals surface area (Å²) < 4.78 is 0. The van der Waals surface area contributed by atoms with Crippen molar-refractivity contribution in [3.63, 3.8) is 0 Å². The molecule has 0 spiro atoms. The molecule has 3 nitrogen and oxygen atoms in total. The number of amides is 1. The maximum absolute atomic E-state index is 10.6. The van der Waals surface area contributed by atoms with Crippen molar-refractivity contribution in [3.8, 4) is 5.75 Å². The van der Waals surface area contributed by atoms with Crippen molar-refractivity contribution >= 4 is 23.2 Å². The third-order valence-electron chi connectivity index (χ3n) is 1.20.